The SMILES string of the molecule is CCOC(=O)/C=C/C(C/C(C)=C\CC/C(C)=C/COCc1ccccc1)N(C)C. The molecule has 0 aliphatic carbocycles. The summed E-state index contributed by atoms with van der Waals surface area (Å²) in [6.07, 6.45) is 10.8. The van der Waals surface area contributed by atoms with Crippen molar-refractivity contribution in [3.63, 3.8) is 0 Å². The van der Waals surface area contributed by atoms with E-state index in [0.29, 0.717) is 19.8 Å². The normalized spacial score (nSPS) is 13.9. The number of nitrogens with zero attached hydrogens (tertiary/aromatic N) is 1. The molecule has 1 aromatic rings. The molecular weight excluding hydrogens is 362 g/mol. The van der Waals surface area contributed by atoms with Gasteiger partial charge in [-0.15, -0.1) is 0 Å². The van der Waals surface area contributed by atoms with E-state index in [0.717, 1.165) is 19.3 Å². The molecule has 0 heterocycles. The number of carbonyl (C=O) groups excluding carboxylic acids is 1. The van der Waals surface area contributed by atoms with Crippen LogP contribution in [0.25, 0.3) is 0 Å². The van der Waals surface area contributed by atoms with E-state index < -0.39 is 0 Å². The minimum atomic E-state index is -0.281. The van der Waals surface area contributed by atoms with Gasteiger partial charge in [0.05, 0.1) is 19.8 Å². The maximum atomic E-state index is 11.5. The fourth-order valence-electron chi connectivity index (χ4n) is 2.82. The number of esters is 1. The number of hydrogen-bond donors (Lipinski definition) is 0. The Morgan fingerprint density at radius 2 is 1.83 bits per heavy atom. The van der Waals surface area contributed by atoms with Crippen LogP contribution in [-0.4, -0.2) is 44.2 Å². The van der Waals surface area contributed by atoms with Gasteiger partial charge < -0.3 is 14.4 Å². The molecule has 0 aromatic heterocycles. The van der Waals surface area contributed by atoms with E-state index in [1.807, 2.05) is 45.3 Å². The van der Waals surface area contributed by atoms with Crippen molar-refractivity contribution < 1.29 is 14.3 Å². The summed E-state index contributed by atoms with van der Waals surface area (Å²) >= 11 is 0. The van der Waals surface area contributed by atoms with Crippen LogP contribution in [0.4, 0.5) is 0 Å². The zero-order valence-electron chi connectivity index (χ0n) is 18.7. The summed E-state index contributed by atoms with van der Waals surface area (Å²) in [5.74, 6) is -0.281. The first-order valence-electron chi connectivity index (χ1n) is 10.4. The standard InChI is InChI=1S/C25H37NO3/c1-6-29-25(27)16-15-24(26(4)5)19-22(3)12-10-11-21(2)17-18-28-20-23-13-8-7-9-14-23/h7-9,12-17,24H,6,10-11,18-20H2,1-5H3/b16-15+,21-17+,22-12-. The van der Waals surface area contributed by atoms with Gasteiger partial charge in [0.1, 0.15) is 0 Å². The average Bonchev–Trinajstić information content (AvgIpc) is 2.69. The highest BCUT2D eigenvalue weighted by molar-refractivity contribution is 5.81. The van der Waals surface area contributed by atoms with E-state index >= 15 is 0 Å². The third kappa shape index (κ3) is 12.1. The maximum absolute atomic E-state index is 11.5. The molecule has 160 valence electrons. The number of likely N-dealkylation sites (N-methyl/N-ethyl adjacent to an activating group) is 1. The van der Waals surface area contributed by atoms with Crippen molar-refractivity contribution in [2.24, 2.45) is 0 Å². The van der Waals surface area contributed by atoms with Crippen LogP contribution in [-0.2, 0) is 20.9 Å². The third-order valence-corrected chi connectivity index (χ3v) is 4.63. The summed E-state index contributed by atoms with van der Waals surface area (Å²) in [7, 11) is 4.05. The first-order chi connectivity index (χ1) is 13.9. The van der Waals surface area contributed by atoms with Gasteiger partial charge in [0.2, 0.25) is 0 Å². The van der Waals surface area contributed by atoms with Crippen LogP contribution in [0.3, 0.4) is 0 Å². The highest BCUT2D eigenvalue weighted by Gasteiger charge is 2.09. The molecule has 0 saturated heterocycles. The Morgan fingerprint density at radius 1 is 1.10 bits per heavy atom. The van der Waals surface area contributed by atoms with Gasteiger partial charge in [0.25, 0.3) is 0 Å². The maximum Gasteiger partial charge on any atom is 0.330 e. The number of hydrogen-bond acceptors (Lipinski definition) is 4. The van der Waals surface area contributed by atoms with Gasteiger partial charge in [0.15, 0.2) is 0 Å². The predicted molar refractivity (Wildman–Crippen MR) is 121 cm³/mol. The van der Waals surface area contributed by atoms with Crippen molar-refractivity contribution in [3.8, 4) is 0 Å². The number of ether oxygens (including phenoxy) is 2. The van der Waals surface area contributed by atoms with E-state index in [4.69, 9.17) is 9.47 Å². The Labute approximate surface area is 176 Å². The van der Waals surface area contributed by atoms with Crippen LogP contribution in [0, 0.1) is 0 Å². The van der Waals surface area contributed by atoms with Gasteiger partial charge in [-0.25, -0.2) is 4.79 Å². The Morgan fingerprint density at radius 3 is 2.48 bits per heavy atom. The number of benzene rings is 1. The Bertz CT molecular complexity index is 675. The monoisotopic (exact) mass is 399 g/mol. The van der Waals surface area contributed by atoms with Crippen molar-refractivity contribution >= 4 is 5.97 Å². The Hall–Kier alpha value is -2.17. The zero-order valence-corrected chi connectivity index (χ0v) is 18.7. The quantitative estimate of drug-likeness (QED) is 0.195. The molecule has 29 heavy (non-hydrogen) atoms. The van der Waals surface area contributed by atoms with Crippen molar-refractivity contribution in [3.05, 3.63) is 71.3 Å². The molecule has 1 rings (SSSR count). The molecule has 0 fully saturated rings. The lowest BCUT2D eigenvalue weighted by molar-refractivity contribution is -0.137. The fraction of sp³-hybridized carbons (Fsp3) is 0.480. The molecule has 4 nitrogen and oxygen atoms in total. The van der Waals surface area contributed by atoms with Crippen LogP contribution >= 0.6 is 0 Å². The molecule has 4 heteroatoms. The molecule has 1 unspecified atom stereocenters. The second kappa shape index (κ2) is 14.8. The minimum absolute atomic E-state index is 0.179. The molecular formula is C25H37NO3. The van der Waals surface area contributed by atoms with E-state index in [9.17, 15) is 4.79 Å². The van der Waals surface area contributed by atoms with Crippen LogP contribution in [0.5, 0.6) is 0 Å². The van der Waals surface area contributed by atoms with Crippen molar-refractivity contribution in [1.82, 2.24) is 4.90 Å². The predicted octanol–water partition coefficient (Wildman–Crippen LogP) is 5.32. The summed E-state index contributed by atoms with van der Waals surface area (Å²) in [4.78, 5) is 13.6. The molecule has 0 bridgehead atoms. The van der Waals surface area contributed by atoms with Crippen LogP contribution in [0.15, 0.2) is 65.8 Å². The Kier molecular flexibility index (Phi) is 12.7. The van der Waals surface area contributed by atoms with Gasteiger partial charge in [-0.05, 0) is 59.7 Å². The van der Waals surface area contributed by atoms with Crippen molar-refractivity contribution in [2.45, 2.75) is 52.7 Å². The summed E-state index contributed by atoms with van der Waals surface area (Å²) in [5.41, 5.74) is 3.86. The molecule has 0 N–H and O–H groups in total. The van der Waals surface area contributed by atoms with Gasteiger partial charge in [-0.3, -0.25) is 0 Å². The molecule has 0 aliphatic rings. The van der Waals surface area contributed by atoms with Crippen LogP contribution in [0.1, 0.15) is 45.6 Å². The zero-order chi connectivity index (χ0) is 21.5. The smallest absolute Gasteiger partial charge is 0.330 e. The number of rotatable bonds is 13. The van der Waals surface area contributed by atoms with Crippen molar-refractivity contribution in [2.75, 3.05) is 27.3 Å². The molecule has 0 saturated carbocycles. The summed E-state index contributed by atoms with van der Waals surface area (Å²) in [6, 6.07) is 10.4. The lowest BCUT2D eigenvalue weighted by Crippen LogP contribution is -2.26. The van der Waals surface area contributed by atoms with E-state index in [1.165, 1.54) is 22.8 Å². The summed E-state index contributed by atoms with van der Waals surface area (Å²) in [6.45, 7) is 7.81. The average molecular weight is 400 g/mol. The van der Waals surface area contributed by atoms with Crippen LogP contribution in [0.2, 0.25) is 0 Å². The lowest BCUT2D eigenvalue weighted by Gasteiger charge is -2.21. The first kappa shape index (κ1) is 24.9. The van der Waals surface area contributed by atoms with Crippen molar-refractivity contribution in [1.29, 1.82) is 0 Å². The van der Waals surface area contributed by atoms with Gasteiger partial charge in [-0.1, -0.05) is 59.7 Å². The fourth-order valence-corrected chi connectivity index (χ4v) is 2.82. The highest BCUT2D eigenvalue weighted by atomic mass is 16.5. The molecule has 0 aliphatic heterocycles. The van der Waals surface area contributed by atoms with E-state index in [1.54, 1.807) is 0 Å². The second-order valence-electron chi connectivity index (χ2n) is 7.49. The minimum Gasteiger partial charge on any atom is -0.463 e. The molecule has 0 amide bonds. The summed E-state index contributed by atoms with van der Waals surface area (Å²) in [5, 5.41) is 0. The largest absolute Gasteiger partial charge is 0.463 e. The third-order valence-electron chi connectivity index (χ3n) is 4.63. The highest BCUT2D eigenvalue weighted by Crippen LogP contribution is 2.14. The summed E-state index contributed by atoms with van der Waals surface area (Å²) < 4.78 is 10.7. The number of allylic oxidation sites excluding steroid dienone is 2. The number of carbonyl (C=O) groups is 1. The Balaban J connectivity index is 2.37. The van der Waals surface area contributed by atoms with Gasteiger partial charge in [-0.2, -0.15) is 0 Å². The lowest BCUT2D eigenvalue weighted by atomic mass is 10.0. The second-order valence-corrected chi connectivity index (χ2v) is 7.49. The topological polar surface area (TPSA) is 38.8 Å². The van der Waals surface area contributed by atoms with E-state index in [2.05, 4.69) is 43.0 Å². The molecule has 1 aromatic carbocycles. The van der Waals surface area contributed by atoms with Gasteiger partial charge in [0, 0.05) is 12.1 Å². The molecule has 1 atom stereocenters. The molecule has 0 spiro atoms. The van der Waals surface area contributed by atoms with Gasteiger partial charge >= 0.3 is 5.97 Å². The van der Waals surface area contributed by atoms with E-state index in [-0.39, 0.29) is 12.0 Å². The molecule has 0 radical (unpaired) electrons. The first-order valence-corrected chi connectivity index (χ1v) is 10.4. The van der Waals surface area contributed by atoms with Crippen LogP contribution < -0.4 is 0 Å².